The highest BCUT2D eigenvalue weighted by Crippen LogP contribution is 2.29. The van der Waals surface area contributed by atoms with Crippen molar-refractivity contribution >= 4 is 24.0 Å². The van der Waals surface area contributed by atoms with Gasteiger partial charge in [-0.3, -0.25) is 4.79 Å². The van der Waals surface area contributed by atoms with Crippen LogP contribution in [0.2, 0.25) is 0 Å². The number of carbonyl (C=O) groups excluding carboxylic acids is 1. The van der Waals surface area contributed by atoms with E-state index in [-0.39, 0.29) is 24.4 Å². The Labute approximate surface area is 145 Å². The van der Waals surface area contributed by atoms with E-state index in [0.717, 1.165) is 36.3 Å². The zero-order valence-corrected chi connectivity index (χ0v) is 15.0. The first-order valence-electron chi connectivity index (χ1n) is 8.39. The lowest BCUT2D eigenvalue weighted by atomic mass is 9.83. The SMILES string of the molecule is CCCOc1cc(C)ccc1NC(=O)CC1CCCCC1N.Cl. The molecule has 0 saturated heterocycles. The Kier molecular flexibility index (Phi) is 8.42. The molecular weight excluding hydrogens is 312 g/mol. The number of nitrogens with two attached hydrogens (primary N) is 1. The molecule has 130 valence electrons. The maximum Gasteiger partial charge on any atom is 0.224 e. The van der Waals surface area contributed by atoms with Crippen LogP contribution in [-0.4, -0.2) is 18.6 Å². The van der Waals surface area contributed by atoms with E-state index in [9.17, 15) is 4.79 Å². The number of amides is 1. The lowest BCUT2D eigenvalue weighted by Gasteiger charge is -2.28. The number of aryl methyl sites for hydroxylation is 1. The van der Waals surface area contributed by atoms with Crippen molar-refractivity contribution in [2.24, 2.45) is 11.7 Å². The Bertz CT molecular complexity index is 508. The number of halogens is 1. The molecule has 1 aromatic rings. The molecule has 1 saturated carbocycles. The van der Waals surface area contributed by atoms with Crippen LogP contribution >= 0.6 is 12.4 Å². The normalized spacial score (nSPS) is 20.5. The lowest BCUT2D eigenvalue weighted by molar-refractivity contribution is -0.117. The maximum atomic E-state index is 12.3. The van der Waals surface area contributed by atoms with E-state index in [1.165, 1.54) is 12.8 Å². The van der Waals surface area contributed by atoms with Crippen LogP contribution in [0.1, 0.15) is 51.0 Å². The van der Waals surface area contributed by atoms with Crippen molar-refractivity contribution in [2.45, 2.75) is 58.4 Å². The lowest BCUT2D eigenvalue weighted by Crippen LogP contribution is -2.35. The fourth-order valence-electron chi connectivity index (χ4n) is 2.99. The standard InChI is InChI=1S/C18H28N2O2.ClH/c1-3-10-22-17-11-13(2)8-9-16(17)20-18(21)12-14-6-4-5-7-15(14)19;/h8-9,11,14-15H,3-7,10,12,19H2,1-2H3,(H,20,21);1H. The number of benzene rings is 1. The van der Waals surface area contributed by atoms with Crippen LogP contribution in [0.25, 0.3) is 0 Å². The molecule has 3 N–H and O–H groups in total. The smallest absolute Gasteiger partial charge is 0.224 e. The van der Waals surface area contributed by atoms with E-state index in [4.69, 9.17) is 10.5 Å². The molecule has 0 heterocycles. The highest BCUT2D eigenvalue weighted by atomic mass is 35.5. The summed E-state index contributed by atoms with van der Waals surface area (Å²) < 4.78 is 5.74. The molecule has 4 nitrogen and oxygen atoms in total. The van der Waals surface area contributed by atoms with Crippen molar-refractivity contribution in [3.8, 4) is 5.75 Å². The van der Waals surface area contributed by atoms with Crippen molar-refractivity contribution in [1.29, 1.82) is 0 Å². The Morgan fingerprint density at radius 2 is 2.09 bits per heavy atom. The minimum Gasteiger partial charge on any atom is -0.491 e. The van der Waals surface area contributed by atoms with Gasteiger partial charge in [0.05, 0.1) is 12.3 Å². The van der Waals surface area contributed by atoms with Gasteiger partial charge in [-0.2, -0.15) is 0 Å². The van der Waals surface area contributed by atoms with Gasteiger partial charge in [-0.1, -0.05) is 25.8 Å². The maximum absolute atomic E-state index is 12.3. The first-order chi connectivity index (χ1) is 10.6. The van der Waals surface area contributed by atoms with Gasteiger partial charge in [-0.05, 0) is 49.8 Å². The third kappa shape index (κ3) is 6.04. The molecule has 0 radical (unpaired) electrons. The second kappa shape index (κ2) is 9.78. The summed E-state index contributed by atoms with van der Waals surface area (Å²) in [5.74, 6) is 1.09. The average molecular weight is 341 g/mol. The molecule has 2 unspecified atom stereocenters. The van der Waals surface area contributed by atoms with Crippen LogP contribution in [0.3, 0.4) is 0 Å². The summed E-state index contributed by atoms with van der Waals surface area (Å²) in [7, 11) is 0. The largest absolute Gasteiger partial charge is 0.491 e. The molecule has 23 heavy (non-hydrogen) atoms. The molecule has 5 heteroatoms. The highest BCUT2D eigenvalue weighted by molar-refractivity contribution is 5.92. The summed E-state index contributed by atoms with van der Waals surface area (Å²) in [4.78, 5) is 12.3. The Morgan fingerprint density at radius 3 is 2.78 bits per heavy atom. The molecule has 1 aromatic carbocycles. The molecule has 2 atom stereocenters. The van der Waals surface area contributed by atoms with E-state index in [2.05, 4.69) is 12.2 Å². The summed E-state index contributed by atoms with van der Waals surface area (Å²) in [5, 5.41) is 3.00. The van der Waals surface area contributed by atoms with E-state index >= 15 is 0 Å². The number of hydrogen-bond acceptors (Lipinski definition) is 3. The van der Waals surface area contributed by atoms with Gasteiger partial charge < -0.3 is 15.8 Å². The number of nitrogens with one attached hydrogen (secondary N) is 1. The number of rotatable bonds is 6. The zero-order chi connectivity index (χ0) is 15.9. The first-order valence-corrected chi connectivity index (χ1v) is 8.39. The topological polar surface area (TPSA) is 64.3 Å². The molecular formula is C18H29ClN2O2. The van der Waals surface area contributed by atoms with Gasteiger partial charge in [0.1, 0.15) is 5.75 Å². The molecule has 1 aliphatic rings. The van der Waals surface area contributed by atoms with Gasteiger partial charge in [0.15, 0.2) is 0 Å². The monoisotopic (exact) mass is 340 g/mol. The fourth-order valence-corrected chi connectivity index (χ4v) is 2.99. The predicted octanol–water partition coefficient (Wildman–Crippen LogP) is 4.05. The van der Waals surface area contributed by atoms with Crippen LogP contribution in [-0.2, 0) is 4.79 Å². The van der Waals surface area contributed by atoms with Crippen molar-refractivity contribution < 1.29 is 9.53 Å². The van der Waals surface area contributed by atoms with Crippen molar-refractivity contribution in [3.05, 3.63) is 23.8 Å². The van der Waals surface area contributed by atoms with Gasteiger partial charge in [-0.15, -0.1) is 12.4 Å². The fraction of sp³-hybridized carbons (Fsp3) is 0.611. The van der Waals surface area contributed by atoms with Crippen LogP contribution < -0.4 is 15.8 Å². The third-order valence-electron chi connectivity index (χ3n) is 4.29. The van der Waals surface area contributed by atoms with Crippen LogP contribution in [0.5, 0.6) is 5.75 Å². The predicted molar refractivity (Wildman–Crippen MR) is 97.4 cm³/mol. The Hall–Kier alpha value is -1.26. The van der Waals surface area contributed by atoms with Crippen molar-refractivity contribution in [2.75, 3.05) is 11.9 Å². The van der Waals surface area contributed by atoms with Crippen LogP contribution in [0.4, 0.5) is 5.69 Å². The van der Waals surface area contributed by atoms with Gasteiger partial charge in [0, 0.05) is 12.5 Å². The number of hydrogen-bond donors (Lipinski definition) is 2. The molecule has 0 spiro atoms. The molecule has 0 bridgehead atoms. The second-order valence-corrected chi connectivity index (χ2v) is 6.31. The van der Waals surface area contributed by atoms with E-state index in [0.29, 0.717) is 18.9 Å². The van der Waals surface area contributed by atoms with Crippen LogP contribution in [0, 0.1) is 12.8 Å². The van der Waals surface area contributed by atoms with Crippen molar-refractivity contribution in [3.63, 3.8) is 0 Å². The van der Waals surface area contributed by atoms with Gasteiger partial charge >= 0.3 is 0 Å². The minimum absolute atomic E-state index is 0. The molecule has 1 aliphatic carbocycles. The summed E-state index contributed by atoms with van der Waals surface area (Å²) >= 11 is 0. The summed E-state index contributed by atoms with van der Waals surface area (Å²) in [5.41, 5.74) is 8.01. The zero-order valence-electron chi connectivity index (χ0n) is 14.1. The van der Waals surface area contributed by atoms with Gasteiger partial charge in [0.2, 0.25) is 5.91 Å². The van der Waals surface area contributed by atoms with E-state index in [1.54, 1.807) is 0 Å². The molecule has 0 aromatic heterocycles. The van der Waals surface area contributed by atoms with Crippen molar-refractivity contribution in [1.82, 2.24) is 0 Å². The minimum atomic E-state index is 0. The summed E-state index contributed by atoms with van der Waals surface area (Å²) in [6.07, 6.45) is 5.91. The first kappa shape index (κ1) is 19.8. The van der Waals surface area contributed by atoms with Gasteiger partial charge in [-0.25, -0.2) is 0 Å². The number of ether oxygens (including phenoxy) is 1. The third-order valence-corrected chi connectivity index (χ3v) is 4.29. The summed E-state index contributed by atoms with van der Waals surface area (Å²) in [6.45, 7) is 4.74. The Morgan fingerprint density at radius 1 is 1.35 bits per heavy atom. The number of carbonyl (C=O) groups is 1. The van der Waals surface area contributed by atoms with Gasteiger partial charge in [0.25, 0.3) is 0 Å². The summed E-state index contributed by atoms with van der Waals surface area (Å²) in [6, 6.07) is 6.03. The second-order valence-electron chi connectivity index (χ2n) is 6.31. The van der Waals surface area contributed by atoms with Crippen LogP contribution in [0.15, 0.2) is 18.2 Å². The van der Waals surface area contributed by atoms with E-state index < -0.39 is 0 Å². The quantitative estimate of drug-likeness (QED) is 0.821. The van der Waals surface area contributed by atoms with E-state index in [1.807, 2.05) is 25.1 Å². The molecule has 1 fully saturated rings. The molecule has 2 rings (SSSR count). The highest BCUT2D eigenvalue weighted by Gasteiger charge is 2.24. The Balaban J connectivity index is 0.00000264. The molecule has 1 amide bonds. The molecule has 0 aliphatic heterocycles. The number of anilines is 1. The average Bonchev–Trinajstić information content (AvgIpc) is 2.50.